The van der Waals surface area contributed by atoms with Crippen molar-refractivity contribution in [2.45, 2.75) is 6.42 Å². The van der Waals surface area contributed by atoms with Crippen LogP contribution in [-0.4, -0.2) is 25.0 Å². The van der Waals surface area contributed by atoms with Gasteiger partial charge in [-0.1, -0.05) is 0 Å². The third-order valence-electron chi connectivity index (χ3n) is 2.72. The standard InChI is InChI=1S/C15H15NO3/c1-18-15-10-13(11-17)2-3-14(15)19-9-6-12-4-7-16-8-5-12/h2-5,7-8,10-11H,6,9H2,1H3. The van der Waals surface area contributed by atoms with Gasteiger partial charge in [0.25, 0.3) is 0 Å². The molecule has 1 aromatic heterocycles. The normalized spacial score (nSPS) is 9.95. The minimum Gasteiger partial charge on any atom is -0.493 e. The lowest BCUT2D eigenvalue weighted by Crippen LogP contribution is -2.03. The summed E-state index contributed by atoms with van der Waals surface area (Å²) in [6.07, 6.45) is 5.09. The topological polar surface area (TPSA) is 48.4 Å². The van der Waals surface area contributed by atoms with E-state index in [2.05, 4.69) is 4.98 Å². The molecule has 0 saturated carbocycles. The minimum absolute atomic E-state index is 0.542. The molecule has 2 rings (SSSR count). The van der Waals surface area contributed by atoms with Gasteiger partial charge in [-0.3, -0.25) is 9.78 Å². The molecule has 0 spiro atoms. The van der Waals surface area contributed by atoms with Crippen molar-refractivity contribution >= 4 is 6.29 Å². The first kappa shape index (κ1) is 13.1. The van der Waals surface area contributed by atoms with Crippen molar-refractivity contribution in [1.29, 1.82) is 0 Å². The second-order valence-corrected chi connectivity index (χ2v) is 3.98. The van der Waals surface area contributed by atoms with E-state index in [1.54, 1.807) is 37.7 Å². The Kier molecular flexibility index (Phi) is 4.50. The van der Waals surface area contributed by atoms with Crippen molar-refractivity contribution in [2.24, 2.45) is 0 Å². The number of aldehydes is 1. The van der Waals surface area contributed by atoms with E-state index >= 15 is 0 Å². The van der Waals surface area contributed by atoms with Gasteiger partial charge < -0.3 is 9.47 Å². The summed E-state index contributed by atoms with van der Waals surface area (Å²) < 4.78 is 10.9. The van der Waals surface area contributed by atoms with Gasteiger partial charge in [-0.15, -0.1) is 0 Å². The summed E-state index contributed by atoms with van der Waals surface area (Å²) in [6, 6.07) is 9.02. The molecule has 0 N–H and O–H groups in total. The van der Waals surface area contributed by atoms with E-state index in [9.17, 15) is 4.79 Å². The van der Waals surface area contributed by atoms with Gasteiger partial charge in [-0.2, -0.15) is 0 Å². The Morgan fingerprint density at radius 2 is 1.95 bits per heavy atom. The van der Waals surface area contributed by atoms with Crippen LogP contribution in [0.25, 0.3) is 0 Å². The molecule has 0 atom stereocenters. The van der Waals surface area contributed by atoms with Crippen LogP contribution in [0.3, 0.4) is 0 Å². The molecule has 0 aliphatic carbocycles. The summed E-state index contributed by atoms with van der Waals surface area (Å²) >= 11 is 0. The minimum atomic E-state index is 0.542. The zero-order valence-corrected chi connectivity index (χ0v) is 10.7. The molecule has 0 aliphatic heterocycles. The molecule has 0 amide bonds. The summed E-state index contributed by atoms with van der Waals surface area (Å²) in [4.78, 5) is 14.6. The fourth-order valence-corrected chi connectivity index (χ4v) is 1.71. The largest absolute Gasteiger partial charge is 0.493 e. The fourth-order valence-electron chi connectivity index (χ4n) is 1.71. The quantitative estimate of drug-likeness (QED) is 0.746. The maximum atomic E-state index is 10.7. The predicted molar refractivity (Wildman–Crippen MR) is 71.8 cm³/mol. The zero-order chi connectivity index (χ0) is 13.5. The molecule has 1 aromatic carbocycles. The Labute approximate surface area is 112 Å². The van der Waals surface area contributed by atoms with Crippen LogP contribution >= 0.6 is 0 Å². The first-order chi connectivity index (χ1) is 9.33. The molecule has 0 radical (unpaired) electrons. The summed E-state index contributed by atoms with van der Waals surface area (Å²) in [5.41, 5.74) is 1.73. The number of nitrogens with zero attached hydrogens (tertiary/aromatic N) is 1. The van der Waals surface area contributed by atoms with Gasteiger partial charge in [0.2, 0.25) is 0 Å². The SMILES string of the molecule is COc1cc(C=O)ccc1OCCc1ccncc1. The number of methoxy groups -OCH3 is 1. The van der Waals surface area contributed by atoms with Crippen molar-refractivity contribution in [3.63, 3.8) is 0 Å². The molecule has 0 aliphatic rings. The predicted octanol–water partition coefficient (Wildman–Crippen LogP) is 2.52. The van der Waals surface area contributed by atoms with Crippen molar-refractivity contribution in [3.8, 4) is 11.5 Å². The molecule has 0 saturated heterocycles. The van der Waals surface area contributed by atoms with Crippen LogP contribution in [0, 0.1) is 0 Å². The highest BCUT2D eigenvalue weighted by atomic mass is 16.5. The monoisotopic (exact) mass is 257 g/mol. The highest BCUT2D eigenvalue weighted by Crippen LogP contribution is 2.27. The van der Waals surface area contributed by atoms with Crippen LogP contribution in [0.15, 0.2) is 42.7 Å². The molecule has 2 aromatic rings. The Morgan fingerprint density at radius 1 is 1.16 bits per heavy atom. The average molecular weight is 257 g/mol. The number of rotatable bonds is 6. The second kappa shape index (κ2) is 6.54. The highest BCUT2D eigenvalue weighted by Gasteiger charge is 2.05. The maximum Gasteiger partial charge on any atom is 0.161 e. The number of aromatic nitrogens is 1. The number of carbonyl (C=O) groups is 1. The molecular weight excluding hydrogens is 242 g/mol. The molecule has 0 bridgehead atoms. The summed E-state index contributed by atoms with van der Waals surface area (Å²) in [5, 5.41) is 0. The molecule has 0 unspecified atom stereocenters. The Bertz CT molecular complexity index is 540. The molecular formula is C15H15NO3. The van der Waals surface area contributed by atoms with E-state index in [1.807, 2.05) is 12.1 Å². The van der Waals surface area contributed by atoms with Crippen molar-refractivity contribution in [2.75, 3.05) is 13.7 Å². The van der Waals surface area contributed by atoms with Gasteiger partial charge >= 0.3 is 0 Å². The fraction of sp³-hybridized carbons (Fsp3) is 0.200. The van der Waals surface area contributed by atoms with Crippen molar-refractivity contribution < 1.29 is 14.3 Å². The van der Waals surface area contributed by atoms with Gasteiger partial charge in [0, 0.05) is 24.4 Å². The smallest absolute Gasteiger partial charge is 0.161 e. The Hall–Kier alpha value is -2.36. The molecule has 0 fully saturated rings. The molecule has 4 nitrogen and oxygen atoms in total. The van der Waals surface area contributed by atoms with E-state index in [0.29, 0.717) is 23.7 Å². The molecule has 4 heteroatoms. The summed E-state index contributed by atoms with van der Waals surface area (Å²) in [5.74, 6) is 1.21. The van der Waals surface area contributed by atoms with Gasteiger partial charge in [0.05, 0.1) is 13.7 Å². The lowest BCUT2D eigenvalue weighted by molar-refractivity contribution is 0.112. The average Bonchev–Trinajstić information content (AvgIpc) is 2.48. The van der Waals surface area contributed by atoms with E-state index in [4.69, 9.17) is 9.47 Å². The van der Waals surface area contributed by atoms with Crippen molar-refractivity contribution in [3.05, 3.63) is 53.9 Å². The lowest BCUT2D eigenvalue weighted by atomic mass is 10.2. The zero-order valence-electron chi connectivity index (χ0n) is 10.7. The van der Waals surface area contributed by atoms with E-state index in [-0.39, 0.29) is 0 Å². The number of ether oxygens (including phenoxy) is 2. The first-order valence-corrected chi connectivity index (χ1v) is 5.98. The van der Waals surface area contributed by atoms with Crippen LogP contribution in [-0.2, 0) is 6.42 Å². The van der Waals surface area contributed by atoms with E-state index < -0.39 is 0 Å². The van der Waals surface area contributed by atoms with Crippen LogP contribution in [0.1, 0.15) is 15.9 Å². The van der Waals surface area contributed by atoms with Crippen molar-refractivity contribution in [1.82, 2.24) is 4.98 Å². The first-order valence-electron chi connectivity index (χ1n) is 5.98. The van der Waals surface area contributed by atoms with Crippen LogP contribution in [0.5, 0.6) is 11.5 Å². The number of hydrogen-bond donors (Lipinski definition) is 0. The van der Waals surface area contributed by atoms with Crippen LogP contribution in [0.2, 0.25) is 0 Å². The Morgan fingerprint density at radius 3 is 2.63 bits per heavy atom. The lowest BCUT2D eigenvalue weighted by Gasteiger charge is -2.10. The van der Waals surface area contributed by atoms with E-state index in [1.165, 1.54) is 5.56 Å². The molecule has 19 heavy (non-hydrogen) atoms. The van der Waals surface area contributed by atoms with Gasteiger partial charge in [-0.05, 0) is 35.9 Å². The van der Waals surface area contributed by atoms with Crippen LogP contribution < -0.4 is 9.47 Å². The van der Waals surface area contributed by atoms with Gasteiger partial charge in [0.1, 0.15) is 6.29 Å². The summed E-state index contributed by atoms with van der Waals surface area (Å²) in [6.45, 7) is 0.542. The number of carbonyl (C=O) groups excluding carboxylic acids is 1. The summed E-state index contributed by atoms with van der Waals surface area (Å²) in [7, 11) is 1.56. The molecule has 98 valence electrons. The number of pyridine rings is 1. The molecule has 1 heterocycles. The number of hydrogen-bond acceptors (Lipinski definition) is 4. The highest BCUT2D eigenvalue weighted by molar-refractivity contribution is 5.76. The van der Waals surface area contributed by atoms with Gasteiger partial charge in [-0.25, -0.2) is 0 Å². The Balaban J connectivity index is 1.97. The van der Waals surface area contributed by atoms with E-state index in [0.717, 1.165) is 12.7 Å². The third-order valence-corrected chi connectivity index (χ3v) is 2.72. The third kappa shape index (κ3) is 3.55. The number of benzene rings is 1. The second-order valence-electron chi connectivity index (χ2n) is 3.98. The maximum absolute atomic E-state index is 10.7. The van der Waals surface area contributed by atoms with Gasteiger partial charge in [0.15, 0.2) is 11.5 Å². The van der Waals surface area contributed by atoms with Crippen LogP contribution in [0.4, 0.5) is 0 Å².